The molecule has 0 fully saturated rings. The number of aromatic nitrogens is 3. The summed E-state index contributed by atoms with van der Waals surface area (Å²) in [6, 6.07) is 8.70. The van der Waals surface area contributed by atoms with Gasteiger partial charge in [0.1, 0.15) is 0 Å². The van der Waals surface area contributed by atoms with Crippen molar-refractivity contribution >= 4 is 0 Å². The summed E-state index contributed by atoms with van der Waals surface area (Å²) in [6.07, 6.45) is -1.78. The number of rotatable bonds is 2. The SMILES string of the molecule is O=c1[nH]c(C(O)O)nn1-c1ccccc1. The van der Waals surface area contributed by atoms with Gasteiger partial charge in [0.05, 0.1) is 5.69 Å². The van der Waals surface area contributed by atoms with Crippen LogP contribution in [0.2, 0.25) is 0 Å². The third-order valence-electron chi connectivity index (χ3n) is 1.88. The van der Waals surface area contributed by atoms with Crippen LogP contribution in [-0.2, 0) is 0 Å². The first-order chi connectivity index (χ1) is 7.18. The molecule has 15 heavy (non-hydrogen) atoms. The van der Waals surface area contributed by atoms with Gasteiger partial charge in [-0.05, 0) is 12.1 Å². The van der Waals surface area contributed by atoms with Crippen molar-refractivity contribution in [3.05, 3.63) is 46.6 Å². The van der Waals surface area contributed by atoms with Gasteiger partial charge < -0.3 is 10.2 Å². The molecular weight excluding hydrogens is 198 g/mol. The Morgan fingerprint density at radius 1 is 1.27 bits per heavy atom. The van der Waals surface area contributed by atoms with Gasteiger partial charge in [0.2, 0.25) is 6.29 Å². The molecule has 0 unspecified atom stereocenters. The number of hydrogen-bond donors (Lipinski definition) is 3. The van der Waals surface area contributed by atoms with Gasteiger partial charge in [0.15, 0.2) is 5.82 Å². The Hall–Kier alpha value is -1.92. The lowest BCUT2D eigenvalue weighted by molar-refractivity contribution is -0.0493. The van der Waals surface area contributed by atoms with E-state index in [1.54, 1.807) is 24.3 Å². The molecule has 0 amide bonds. The van der Waals surface area contributed by atoms with Gasteiger partial charge in [-0.15, -0.1) is 5.10 Å². The van der Waals surface area contributed by atoms with Crippen LogP contribution in [0.25, 0.3) is 5.69 Å². The zero-order chi connectivity index (χ0) is 10.8. The normalized spacial score (nSPS) is 10.9. The number of aliphatic hydroxyl groups excluding tert-OH is 1. The van der Waals surface area contributed by atoms with Gasteiger partial charge in [-0.1, -0.05) is 18.2 Å². The fourth-order valence-electron chi connectivity index (χ4n) is 1.20. The van der Waals surface area contributed by atoms with Gasteiger partial charge in [-0.3, -0.25) is 4.98 Å². The molecule has 1 aromatic heterocycles. The molecule has 0 radical (unpaired) electrons. The molecule has 0 atom stereocenters. The zero-order valence-corrected chi connectivity index (χ0v) is 7.66. The first-order valence-corrected chi connectivity index (χ1v) is 4.29. The third kappa shape index (κ3) is 1.80. The van der Waals surface area contributed by atoms with E-state index in [1.807, 2.05) is 6.07 Å². The number of aliphatic hydroxyl groups is 2. The zero-order valence-electron chi connectivity index (χ0n) is 7.66. The Bertz CT molecular complexity index is 501. The number of benzene rings is 1. The van der Waals surface area contributed by atoms with Gasteiger partial charge in [0.25, 0.3) is 0 Å². The van der Waals surface area contributed by atoms with Gasteiger partial charge in [-0.2, -0.15) is 4.68 Å². The van der Waals surface area contributed by atoms with Crippen molar-refractivity contribution in [3.63, 3.8) is 0 Å². The minimum atomic E-state index is -1.78. The van der Waals surface area contributed by atoms with E-state index < -0.39 is 12.0 Å². The first-order valence-electron chi connectivity index (χ1n) is 4.29. The van der Waals surface area contributed by atoms with E-state index in [1.165, 1.54) is 0 Å². The Balaban J connectivity index is 2.50. The predicted molar refractivity (Wildman–Crippen MR) is 51.4 cm³/mol. The lowest BCUT2D eigenvalue weighted by Gasteiger charge is -1.98. The minimum Gasteiger partial charge on any atom is -0.362 e. The van der Waals surface area contributed by atoms with Crippen LogP contribution in [0.4, 0.5) is 0 Å². The van der Waals surface area contributed by atoms with Crippen LogP contribution in [0.3, 0.4) is 0 Å². The fraction of sp³-hybridized carbons (Fsp3) is 0.111. The highest BCUT2D eigenvalue weighted by Crippen LogP contribution is 2.04. The van der Waals surface area contributed by atoms with E-state index in [2.05, 4.69) is 10.1 Å². The second-order valence-corrected chi connectivity index (χ2v) is 2.94. The van der Waals surface area contributed by atoms with Crippen LogP contribution >= 0.6 is 0 Å². The molecular formula is C9H9N3O3. The number of nitrogens with zero attached hydrogens (tertiary/aromatic N) is 2. The van der Waals surface area contributed by atoms with Crippen molar-refractivity contribution in [1.29, 1.82) is 0 Å². The second kappa shape index (κ2) is 3.68. The standard InChI is InChI=1S/C9H9N3O3/c13-8(14)7-10-9(15)12(11-7)6-4-2-1-3-5-6/h1-5,8,13-14H,(H,10,11,15). The summed E-state index contributed by atoms with van der Waals surface area (Å²) in [6.45, 7) is 0. The van der Waals surface area contributed by atoms with Gasteiger partial charge in [0, 0.05) is 0 Å². The number of nitrogens with one attached hydrogen (secondary N) is 1. The Morgan fingerprint density at radius 3 is 2.47 bits per heavy atom. The van der Waals surface area contributed by atoms with E-state index in [-0.39, 0.29) is 5.82 Å². The van der Waals surface area contributed by atoms with E-state index >= 15 is 0 Å². The smallest absolute Gasteiger partial charge is 0.348 e. The molecule has 1 heterocycles. The number of hydrogen-bond acceptors (Lipinski definition) is 4. The molecule has 6 heteroatoms. The molecule has 0 saturated carbocycles. The van der Waals surface area contributed by atoms with Crippen molar-refractivity contribution in [2.24, 2.45) is 0 Å². The monoisotopic (exact) mass is 207 g/mol. The predicted octanol–water partition coefficient (Wildman–Crippen LogP) is -0.456. The van der Waals surface area contributed by atoms with E-state index in [0.29, 0.717) is 5.69 Å². The molecule has 78 valence electrons. The molecule has 3 N–H and O–H groups in total. The largest absolute Gasteiger partial charge is 0.362 e. The van der Waals surface area contributed by atoms with E-state index in [9.17, 15) is 4.79 Å². The van der Waals surface area contributed by atoms with E-state index in [4.69, 9.17) is 10.2 Å². The number of para-hydroxylation sites is 1. The quantitative estimate of drug-likeness (QED) is 0.581. The van der Waals surface area contributed by atoms with Gasteiger partial charge in [-0.25, -0.2) is 4.79 Å². The highest BCUT2D eigenvalue weighted by atomic mass is 16.5. The Morgan fingerprint density at radius 2 is 1.93 bits per heavy atom. The summed E-state index contributed by atoms with van der Waals surface area (Å²) in [4.78, 5) is 13.6. The van der Waals surface area contributed by atoms with Crippen LogP contribution in [-0.4, -0.2) is 25.0 Å². The topological polar surface area (TPSA) is 91.1 Å². The maximum atomic E-state index is 11.4. The molecule has 0 aliphatic carbocycles. The van der Waals surface area contributed by atoms with Crippen LogP contribution in [0.1, 0.15) is 12.1 Å². The molecule has 6 nitrogen and oxygen atoms in total. The molecule has 0 spiro atoms. The first kappa shape index (κ1) is 9.63. The van der Waals surface area contributed by atoms with Crippen molar-refractivity contribution in [2.75, 3.05) is 0 Å². The summed E-state index contributed by atoms with van der Waals surface area (Å²) in [5.41, 5.74) is 0.0509. The van der Waals surface area contributed by atoms with Gasteiger partial charge >= 0.3 is 5.69 Å². The van der Waals surface area contributed by atoms with Crippen LogP contribution in [0, 0.1) is 0 Å². The van der Waals surface area contributed by atoms with E-state index in [0.717, 1.165) is 4.68 Å². The highest BCUT2D eigenvalue weighted by molar-refractivity contribution is 5.29. The second-order valence-electron chi connectivity index (χ2n) is 2.94. The average molecular weight is 207 g/mol. The Labute approximate surface area is 84.4 Å². The lowest BCUT2D eigenvalue weighted by atomic mass is 10.3. The summed E-state index contributed by atoms with van der Waals surface area (Å²) in [7, 11) is 0. The minimum absolute atomic E-state index is 0.177. The molecule has 0 aliphatic rings. The highest BCUT2D eigenvalue weighted by Gasteiger charge is 2.11. The maximum absolute atomic E-state index is 11.4. The molecule has 1 aromatic carbocycles. The molecule has 0 aliphatic heterocycles. The van der Waals surface area contributed by atoms with Crippen molar-refractivity contribution < 1.29 is 10.2 Å². The maximum Gasteiger partial charge on any atom is 0.348 e. The van der Waals surface area contributed by atoms with Crippen molar-refractivity contribution in [2.45, 2.75) is 6.29 Å². The molecule has 2 rings (SSSR count). The summed E-state index contributed by atoms with van der Waals surface area (Å²) in [5, 5.41) is 21.4. The van der Waals surface area contributed by atoms with Crippen LogP contribution in [0.15, 0.2) is 35.1 Å². The third-order valence-corrected chi connectivity index (χ3v) is 1.88. The van der Waals surface area contributed by atoms with Crippen molar-refractivity contribution in [3.8, 4) is 5.69 Å². The lowest BCUT2D eigenvalue weighted by Crippen LogP contribution is -2.15. The number of aromatic amines is 1. The van der Waals surface area contributed by atoms with Crippen LogP contribution < -0.4 is 5.69 Å². The Kier molecular flexibility index (Phi) is 2.36. The molecule has 0 saturated heterocycles. The summed E-state index contributed by atoms with van der Waals surface area (Å²) >= 11 is 0. The van der Waals surface area contributed by atoms with Crippen LogP contribution in [0.5, 0.6) is 0 Å². The summed E-state index contributed by atoms with van der Waals surface area (Å²) in [5.74, 6) is -0.177. The fourth-order valence-corrected chi connectivity index (χ4v) is 1.20. The number of H-pyrrole nitrogens is 1. The molecule has 0 bridgehead atoms. The summed E-state index contributed by atoms with van der Waals surface area (Å²) < 4.78 is 1.06. The van der Waals surface area contributed by atoms with Crippen molar-refractivity contribution in [1.82, 2.24) is 14.8 Å². The molecule has 2 aromatic rings. The average Bonchev–Trinajstić information content (AvgIpc) is 2.62.